The van der Waals surface area contributed by atoms with Crippen molar-refractivity contribution in [3.05, 3.63) is 23.8 Å². The van der Waals surface area contributed by atoms with Gasteiger partial charge in [0, 0.05) is 25.2 Å². The molecule has 1 N–H and O–H groups in total. The van der Waals surface area contributed by atoms with Gasteiger partial charge in [-0.25, -0.2) is 0 Å². The van der Waals surface area contributed by atoms with Gasteiger partial charge in [0.25, 0.3) is 0 Å². The highest BCUT2D eigenvalue weighted by molar-refractivity contribution is 5.95. The second-order valence-corrected chi connectivity index (χ2v) is 4.75. The summed E-state index contributed by atoms with van der Waals surface area (Å²) >= 11 is 0. The predicted octanol–water partition coefficient (Wildman–Crippen LogP) is 1.97. The highest BCUT2D eigenvalue weighted by Gasteiger charge is 2.22. The average Bonchev–Trinajstić information content (AvgIpc) is 2.85. The van der Waals surface area contributed by atoms with Crippen molar-refractivity contribution in [2.75, 3.05) is 31.6 Å². The van der Waals surface area contributed by atoms with Gasteiger partial charge in [-0.2, -0.15) is 0 Å². The Labute approximate surface area is 114 Å². The molecule has 0 bridgehead atoms. The number of amides is 1. The Balaban J connectivity index is 2.13. The number of carbonyl (C=O) groups is 1. The van der Waals surface area contributed by atoms with Crippen LogP contribution >= 0.6 is 0 Å². The SMILES string of the molecule is CCc1cc(N2CCCC2=O)ccc1OCCNC. The largest absolute Gasteiger partial charge is 0.492 e. The minimum atomic E-state index is 0.228. The van der Waals surface area contributed by atoms with Crippen molar-refractivity contribution in [3.63, 3.8) is 0 Å². The molecule has 0 aliphatic carbocycles. The molecule has 1 aromatic carbocycles. The Bertz CT molecular complexity index is 446. The van der Waals surface area contributed by atoms with Crippen LogP contribution in [0.4, 0.5) is 5.69 Å². The molecule has 1 heterocycles. The van der Waals surface area contributed by atoms with Crippen LogP contribution in [-0.2, 0) is 11.2 Å². The summed E-state index contributed by atoms with van der Waals surface area (Å²) in [5.74, 6) is 1.15. The van der Waals surface area contributed by atoms with Crippen LogP contribution in [0.3, 0.4) is 0 Å². The fourth-order valence-electron chi connectivity index (χ4n) is 2.34. The number of likely N-dealkylation sites (N-methyl/N-ethyl adjacent to an activating group) is 1. The van der Waals surface area contributed by atoms with Gasteiger partial charge >= 0.3 is 0 Å². The summed E-state index contributed by atoms with van der Waals surface area (Å²) in [4.78, 5) is 13.6. The van der Waals surface area contributed by atoms with Crippen molar-refractivity contribution in [1.29, 1.82) is 0 Å². The van der Waals surface area contributed by atoms with E-state index in [9.17, 15) is 4.79 Å². The maximum Gasteiger partial charge on any atom is 0.227 e. The van der Waals surface area contributed by atoms with Gasteiger partial charge in [-0.1, -0.05) is 6.92 Å². The van der Waals surface area contributed by atoms with E-state index >= 15 is 0 Å². The Kier molecular flexibility index (Phi) is 4.80. The van der Waals surface area contributed by atoms with Crippen molar-refractivity contribution < 1.29 is 9.53 Å². The van der Waals surface area contributed by atoms with Gasteiger partial charge < -0.3 is 15.0 Å². The van der Waals surface area contributed by atoms with Gasteiger partial charge in [0.2, 0.25) is 5.91 Å². The maximum absolute atomic E-state index is 11.8. The third kappa shape index (κ3) is 3.26. The summed E-state index contributed by atoms with van der Waals surface area (Å²) < 4.78 is 5.75. The summed E-state index contributed by atoms with van der Waals surface area (Å²) in [6.07, 6.45) is 2.54. The third-order valence-corrected chi connectivity index (χ3v) is 3.42. The number of anilines is 1. The predicted molar refractivity (Wildman–Crippen MR) is 76.8 cm³/mol. The van der Waals surface area contributed by atoms with Crippen molar-refractivity contribution in [1.82, 2.24) is 5.32 Å². The Morgan fingerprint density at radius 1 is 1.42 bits per heavy atom. The van der Waals surface area contributed by atoms with Gasteiger partial charge in [0.15, 0.2) is 0 Å². The number of hydrogen-bond donors (Lipinski definition) is 1. The van der Waals surface area contributed by atoms with Crippen molar-refractivity contribution in [2.45, 2.75) is 26.2 Å². The molecule has 2 rings (SSSR count). The second-order valence-electron chi connectivity index (χ2n) is 4.75. The van der Waals surface area contributed by atoms with Crippen molar-refractivity contribution in [3.8, 4) is 5.75 Å². The fourth-order valence-corrected chi connectivity index (χ4v) is 2.34. The van der Waals surface area contributed by atoms with E-state index in [0.717, 1.165) is 42.9 Å². The Morgan fingerprint density at radius 3 is 2.89 bits per heavy atom. The first-order chi connectivity index (χ1) is 9.26. The lowest BCUT2D eigenvalue weighted by molar-refractivity contribution is -0.117. The molecule has 4 nitrogen and oxygen atoms in total. The van der Waals surface area contributed by atoms with E-state index in [4.69, 9.17) is 4.74 Å². The second kappa shape index (κ2) is 6.57. The first kappa shape index (κ1) is 13.9. The van der Waals surface area contributed by atoms with Crippen LogP contribution in [0.15, 0.2) is 18.2 Å². The summed E-state index contributed by atoms with van der Waals surface area (Å²) in [7, 11) is 1.91. The number of hydrogen-bond acceptors (Lipinski definition) is 3. The van der Waals surface area contributed by atoms with E-state index in [1.165, 1.54) is 0 Å². The maximum atomic E-state index is 11.8. The molecule has 0 spiro atoms. The van der Waals surface area contributed by atoms with E-state index in [0.29, 0.717) is 13.0 Å². The molecule has 0 aromatic heterocycles. The van der Waals surface area contributed by atoms with Crippen LogP contribution in [-0.4, -0.2) is 32.7 Å². The summed E-state index contributed by atoms with van der Waals surface area (Å²) in [6, 6.07) is 6.05. The monoisotopic (exact) mass is 262 g/mol. The van der Waals surface area contributed by atoms with Gasteiger partial charge in [-0.05, 0) is 43.7 Å². The molecule has 1 fully saturated rings. The topological polar surface area (TPSA) is 41.6 Å². The van der Waals surface area contributed by atoms with Crippen molar-refractivity contribution in [2.24, 2.45) is 0 Å². The number of carbonyl (C=O) groups excluding carboxylic acids is 1. The number of benzene rings is 1. The van der Waals surface area contributed by atoms with Crippen molar-refractivity contribution >= 4 is 11.6 Å². The molecule has 0 radical (unpaired) electrons. The summed E-state index contributed by atoms with van der Waals surface area (Å²) in [5.41, 5.74) is 2.16. The molecule has 0 atom stereocenters. The summed E-state index contributed by atoms with van der Waals surface area (Å²) in [6.45, 7) is 4.43. The first-order valence-electron chi connectivity index (χ1n) is 6.97. The molecular weight excluding hydrogens is 240 g/mol. The number of nitrogens with one attached hydrogen (secondary N) is 1. The molecule has 104 valence electrons. The van der Waals surface area contributed by atoms with Crippen LogP contribution in [0.25, 0.3) is 0 Å². The molecule has 0 saturated carbocycles. The molecule has 4 heteroatoms. The lowest BCUT2D eigenvalue weighted by Crippen LogP contribution is -2.23. The van der Waals surface area contributed by atoms with E-state index in [1.807, 2.05) is 24.1 Å². The van der Waals surface area contributed by atoms with Crippen LogP contribution in [0.2, 0.25) is 0 Å². The lowest BCUT2D eigenvalue weighted by atomic mass is 10.1. The molecule has 1 amide bonds. The minimum Gasteiger partial charge on any atom is -0.492 e. The Morgan fingerprint density at radius 2 is 2.26 bits per heavy atom. The minimum absolute atomic E-state index is 0.228. The molecule has 1 aromatic rings. The van der Waals surface area contributed by atoms with E-state index < -0.39 is 0 Å². The average molecular weight is 262 g/mol. The molecule has 19 heavy (non-hydrogen) atoms. The van der Waals surface area contributed by atoms with E-state index in [2.05, 4.69) is 18.3 Å². The molecule has 0 unspecified atom stereocenters. The quantitative estimate of drug-likeness (QED) is 0.797. The number of ether oxygens (including phenoxy) is 1. The zero-order valence-corrected chi connectivity index (χ0v) is 11.7. The first-order valence-corrected chi connectivity index (χ1v) is 6.97. The van der Waals surface area contributed by atoms with Gasteiger partial charge in [-0.15, -0.1) is 0 Å². The van der Waals surface area contributed by atoms with Crippen LogP contribution in [0.5, 0.6) is 5.75 Å². The van der Waals surface area contributed by atoms with E-state index in [1.54, 1.807) is 0 Å². The van der Waals surface area contributed by atoms with Gasteiger partial charge in [0.1, 0.15) is 12.4 Å². The zero-order chi connectivity index (χ0) is 13.7. The van der Waals surface area contributed by atoms with Crippen LogP contribution in [0.1, 0.15) is 25.3 Å². The summed E-state index contributed by atoms with van der Waals surface area (Å²) in [5, 5.41) is 3.06. The molecule has 1 aliphatic heterocycles. The normalized spacial score (nSPS) is 15.1. The highest BCUT2D eigenvalue weighted by Crippen LogP contribution is 2.28. The number of aryl methyl sites for hydroxylation is 1. The lowest BCUT2D eigenvalue weighted by Gasteiger charge is -2.18. The smallest absolute Gasteiger partial charge is 0.227 e. The van der Waals surface area contributed by atoms with Crippen LogP contribution < -0.4 is 15.0 Å². The third-order valence-electron chi connectivity index (χ3n) is 3.42. The fraction of sp³-hybridized carbons (Fsp3) is 0.533. The zero-order valence-electron chi connectivity index (χ0n) is 11.7. The van der Waals surface area contributed by atoms with Gasteiger partial charge in [-0.3, -0.25) is 4.79 Å². The highest BCUT2D eigenvalue weighted by atomic mass is 16.5. The number of nitrogens with zero attached hydrogens (tertiary/aromatic N) is 1. The number of rotatable bonds is 6. The van der Waals surface area contributed by atoms with E-state index in [-0.39, 0.29) is 5.91 Å². The molecule has 1 aliphatic rings. The van der Waals surface area contributed by atoms with Gasteiger partial charge in [0.05, 0.1) is 0 Å². The standard InChI is InChI=1S/C15H22N2O2/c1-3-12-11-13(17-9-4-5-15(17)18)6-7-14(12)19-10-8-16-2/h6-7,11,16H,3-5,8-10H2,1-2H3. The van der Waals surface area contributed by atoms with Crippen LogP contribution in [0, 0.1) is 0 Å². The molecular formula is C15H22N2O2. The molecule has 1 saturated heterocycles. The Hall–Kier alpha value is -1.55.